The smallest absolute Gasteiger partial charge is 0.410 e. The van der Waals surface area contributed by atoms with Gasteiger partial charge in [-0.3, -0.25) is 0 Å². The van der Waals surface area contributed by atoms with Gasteiger partial charge in [0.25, 0.3) is 0 Å². The number of amides is 2. The van der Waals surface area contributed by atoms with Crippen LogP contribution in [0.25, 0.3) is 0 Å². The second kappa shape index (κ2) is 7.56. The Morgan fingerprint density at radius 1 is 1.08 bits per heavy atom. The van der Waals surface area contributed by atoms with Gasteiger partial charge in [-0.05, 0) is 45.1 Å². The lowest BCUT2D eigenvalue weighted by atomic mass is 9.92. The number of rotatable bonds is 2. The third kappa shape index (κ3) is 4.48. The standard InChI is InChI=1S/C20H28N2O4/c1-20(2,3)26-19(24)22-12-10-16-9-11-21(13-17(16)22)18(23)25-14-15-7-5-4-6-8-15/h4-8,16-17H,9-14H2,1-3H3. The quantitative estimate of drug-likeness (QED) is 0.808. The van der Waals surface area contributed by atoms with E-state index in [9.17, 15) is 9.59 Å². The summed E-state index contributed by atoms with van der Waals surface area (Å²) < 4.78 is 11.0. The summed E-state index contributed by atoms with van der Waals surface area (Å²) in [6.45, 7) is 7.75. The monoisotopic (exact) mass is 360 g/mol. The number of hydrogen-bond acceptors (Lipinski definition) is 4. The molecule has 0 N–H and O–H groups in total. The molecule has 26 heavy (non-hydrogen) atoms. The number of likely N-dealkylation sites (tertiary alicyclic amines) is 2. The van der Waals surface area contributed by atoms with E-state index in [2.05, 4.69) is 0 Å². The van der Waals surface area contributed by atoms with Gasteiger partial charge in [-0.1, -0.05) is 30.3 Å². The molecular weight excluding hydrogens is 332 g/mol. The first kappa shape index (κ1) is 18.5. The molecule has 2 heterocycles. The van der Waals surface area contributed by atoms with Crippen LogP contribution in [0.15, 0.2) is 30.3 Å². The first-order valence-electron chi connectivity index (χ1n) is 9.29. The van der Waals surface area contributed by atoms with Crippen molar-refractivity contribution in [2.75, 3.05) is 19.6 Å². The molecule has 2 saturated heterocycles. The zero-order valence-corrected chi connectivity index (χ0v) is 15.8. The predicted octanol–water partition coefficient (Wildman–Crippen LogP) is 3.65. The van der Waals surface area contributed by atoms with Crippen LogP contribution in [0, 0.1) is 5.92 Å². The highest BCUT2D eigenvalue weighted by atomic mass is 16.6. The number of hydrogen-bond donors (Lipinski definition) is 0. The summed E-state index contributed by atoms with van der Waals surface area (Å²) >= 11 is 0. The topological polar surface area (TPSA) is 59.1 Å². The van der Waals surface area contributed by atoms with E-state index in [0.29, 0.717) is 25.6 Å². The van der Waals surface area contributed by atoms with Crippen LogP contribution in [0.3, 0.4) is 0 Å². The van der Waals surface area contributed by atoms with Crippen LogP contribution in [0.5, 0.6) is 0 Å². The molecule has 0 saturated carbocycles. The number of nitrogens with zero attached hydrogens (tertiary/aromatic N) is 2. The minimum Gasteiger partial charge on any atom is -0.445 e. The molecule has 142 valence electrons. The minimum absolute atomic E-state index is 0.0166. The fourth-order valence-corrected chi connectivity index (χ4v) is 3.66. The number of piperidine rings is 1. The summed E-state index contributed by atoms with van der Waals surface area (Å²) in [5, 5.41) is 0. The number of carbonyl (C=O) groups excluding carboxylic acids is 2. The number of ether oxygens (including phenoxy) is 2. The molecule has 2 amide bonds. The highest BCUT2D eigenvalue weighted by molar-refractivity contribution is 5.70. The lowest BCUT2D eigenvalue weighted by Crippen LogP contribution is -2.52. The van der Waals surface area contributed by atoms with Crippen LogP contribution in [0.2, 0.25) is 0 Å². The molecular formula is C20H28N2O4. The average molecular weight is 360 g/mol. The van der Waals surface area contributed by atoms with Gasteiger partial charge < -0.3 is 19.3 Å². The van der Waals surface area contributed by atoms with Gasteiger partial charge in [0.2, 0.25) is 0 Å². The second-order valence-electron chi connectivity index (χ2n) is 8.06. The molecule has 2 atom stereocenters. The SMILES string of the molecule is CC(C)(C)OC(=O)N1CCC2CCN(C(=O)OCc3ccccc3)CC21. The normalized spacial score (nSPS) is 22.7. The summed E-state index contributed by atoms with van der Waals surface area (Å²) in [7, 11) is 0. The highest BCUT2D eigenvalue weighted by Crippen LogP contribution is 2.33. The summed E-state index contributed by atoms with van der Waals surface area (Å²) in [6.07, 6.45) is 1.26. The van der Waals surface area contributed by atoms with Gasteiger partial charge in [0, 0.05) is 19.6 Å². The Morgan fingerprint density at radius 2 is 1.77 bits per heavy atom. The zero-order valence-electron chi connectivity index (χ0n) is 15.8. The van der Waals surface area contributed by atoms with E-state index < -0.39 is 5.60 Å². The average Bonchev–Trinajstić information content (AvgIpc) is 3.02. The number of benzene rings is 1. The van der Waals surface area contributed by atoms with Crippen molar-refractivity contribution in [2.45, 2.75) is 51.9 Å². The van der Waals surface area contributed by atoms with Crippen LogP contribution in [0.1, 0.15) is 39.2 Å². The maximum atomic E-state index is 12.5. The molecule has 3 rings (SSSR count). The molecule has 1 aromatic rings. The van der Waals surface area contributed by atoms with Crippen molar-refractivity contribution in [2.24, 2.45) is 5.92 Å². The lowest BCUT2D eigenvalue weighted by molar-refractivity contribution is 0.0108. The van der Waals surface area contributed by atoms with E-state index >= 15 is 0 Å². The van der Waals surface area contributed by atoms with E-state index in [1.54, 1.807) is 9.80 Å². The third-order valence-electron chi connectivity index (χ3n) is 4.95. The molecule has 2 unspecified atom stereocenters. The van der Waals surface area contributed by atoms with E-state index in [1.807, 2.05) is 51.1 Å². The van der Waals surface area contributed by atoms with Gasteiger partial charge >= 0.3 is 12.2 Å². The van der Waals surface area contributed by atoms with Crippen molar-refractivity contribution in [3.05, 3.63) is 35.9 Å². The summed E-state index contributed by atoms with van der Waals surface area (Å²) in [5.74, 6) is 0.431. The zero-order chi connectivity index (χ0) is 18.7. The Balaban J connectivity index is 1.57. The van der Waals surface area contributed by atoms with E-state index in [1.165, 1.54) is 0 Å². The summed E-state index contributed by atoms with van der Waals surface area (Å²) in [4.78, 5) is 28.4. The third-order valence-corrected chi connectivity index (χ3v) is 4.95. The molecule has 1 aromatic carbocycles. The second-order valence-corrected chi connectivity index (χ2v) is 8.06. The van der Waals surface area contributed by atoms with Gasteiger partial charge in [0.05, 0.1) is 6.04 Å². The molecule has 6 nitrogen and oxygen atoms in total. The van der Waals surface area contributed by atoms with Crippen LogP contribution < -0.4 is 0 Å². The van der Waals surface area contributed by atoms with Crippen LogP contribution in [0.4, 0.5) is 9.59 Å². The Labute approximate surface area is 155 Å². The highest BCUT2D eigenvalue weighted by Gasteiger charge is 2.43. The molecule has 6 heteroatoms. The lowest BCUT2D eigenvalue weighted by Gasteiger charge is -2.38. The molecule has 0 aromatic heterocycles. The number of carbonyl (C=O) groups is 2. The Morgan fingerprint density at radius 3 is 2.46 bits per heavy atom. The Kier molecular flexibility index (Phi) is 5.39. The summed E-state index contributed by atoms with van der Waals surface area (Å²) in [5.41, 5.74) is 0.449. The van der Waals surface area contributed by atoms with Crippen molar-refractivity contribution >= 4 is 12.2 Å². The van der Waals surface area contributed by atoms with Gasteiger partial charge in [-0.2, -0.15) is 0 Å². The molecule has 0 aliphatic carbocycles. The Bertz CT molecular complexity index is 641. The van der Waals surface area contributed by atoms with Crippen molar-refractivity contribution in [1.82, 2.24) is 9.80 Å². The van der Waals surface area contributed by atoms with Gasteiger partial charge in [0.15, 0.2) is 0 Å². The first-order valence-corrected chi connectivity index (χ1v) is 9.29. The van der Waals surface area contributed by atoms with Crippen LogP contribution >= 0.6 is 0 Å². The number of fused-ring (bicyclic) bond motifs is 1. The van der Waals surface area contributed by atoms with E-state index in [0.717, 1.165) is 18.4 Å². The molecule has 0 radical (unpaired) electrons. The van der Waals surface area contributed by atoms with E-state index in [4.69, 9.17) is 9.47 Å². The molecule has 2 aliphatic rings. The summed E-state index contributed by atoms with van der Waals surface area (Å²) in [6, 6.07) is 9.66. The molecule has 2 fully saturated rings. The van der Waals surface area contributed by atoms with Crippen LogP contribution in [-0.4, -0.2) is 53.3 Å². The molecule has 0 spiro atoms. The van der Waals surface area contributed by atoms with Gasteiger partial charge in [0.1, 0.15) is 12.2 Å². The van der Waals surface area contributed by atoms with Gasteiger partial charge in [-0.15, -0.1) is 0 Å². The minimum atomic E-state index is -0.516. The van der Waals surface area contributed by atoms with Crippen molar-refractivity contribution in [3.63, 3.8) is 0 Å². The maximum absolute atomic E-state index is 12.5. The predicted molar refractivity (Wildman–Crippen MR) is 97.7 cm³/mol. The first-order chi connectivity index (χ1) is 12.3. The van der Waals surface area contributed by atoms with E-state index in [-0.39, 0.29) is 24.8 Å². The van der Waals surface area contributed by atoms with Crippen molar-refractivity contribution in [1.29, 1.82) is 0 Å². The maximum Gasteiger partial charge on any atom is 0.410 e. The van der Waals surface area contributed by atoms with Gasteiger partial charge in [-0.25, -0.2) is 9.59 Å². The fraction of sp³-hybridized carbons (Fsp3) is 0.600. The van der Waals surface area contributed by atoms with Crippen molar-refractivity contribution < 1.29 is 19.1 Å². The van der Waals surface area contributed by atoms with Crippen molar-refractivity contribution in [3.8, 4) is 0 Å². The van der Waals surface area contributed by atoms with Crippen LogP contribution in [-0.2, 0) is 16.1 Å². The molecule has 2 aliphatic heterocycles. The molecule has 0 bridgehead atoms. The fourth-order valence-electron chi connectivity index (χ4n) is 3.66. The largest absolute Gasteiger partial charge is 0.445 e. The Hall–Kier alpha value is -2.24.